The summed E-state index contributed by atoms with van der Waals surface area (Å²) in [5.74, 6) is 0.667. The molecule has 4 rings (SSSR count). The summed E-state index contributed by atoms with van der Waals surface area (Å²) in [6, 6.07) is 4.88. The SMILES string of the molecule is COc1ccc2c(c1)[C@]13CCN(CCCC(F)(F)F)[C@H](C2)[C@]1(O)CC[C@](C)(NC(=O)NC=O)C3. The van der Waals surface area contributed by atoms with Gasteiger partial charge in [-0.1, -0.05) is 6.07 Å². The average Bonchev–Trinajstić information content (AvgIpc) is 2.75. The fourth-order valence-corrected chi connectivity index (χ4v) is 6.69. The van der Waals surface area contributed by atoms with E-state index in [1.807, 2.05) is 30.0 Å². The van der Waals surface area contributed by atoms with Crippen LogP contribution in [0.4, 0.5) is 18.0 Å². The first-order chi connectivity index (χ1) is 16.0. The molecule has 2 fully saturated rings. The zero-order chi connectivity index (χ0) is 24.8. The van der Waals surface area contributed by atoms with Gasteiger partial charge < -0.3 is 15.2 Å². The van der Waals surface area contributed by atoms with Crippen molar-refractivity contribution >= 4 is 12.4 Å². The molecular weight excluding hydrogens is 451 g/mol. The Kier molecular flexibility index (Phi) is 6.35. The number of urea groups is 1. The number of ether oxygens (including phenoxy) is 1. The Bertz CT molecular complexity index is 958. The van der Waals surface area contributed by atoms with Gasteiger partial charge in [0.2, 0.25) is 6.41 Å². The van der Waals surface area contributed by atoms with E-state index in [9.17, 15) is 27.9 Å². The Labute approximate surface area is 197 Å². The van der Waals surface area contributed by atoms with Crippen molar-refractivity contribution in [2.45, 2.75) is 80.6 Å². The molecule has 1 aliphatic heterocycles. The van der Waals surface area contributed by atoms with Crippen molar-refractivity contribution in [2.24, 2.45) is 0 Å². The van der Waals surface area contributed by atoms with Gasteiger partial charge in [0.05, 0.1) is 12.7 Å². The second kappa shape index (κ2) is 8.71. The molecule has 1 aromatic rings. The number of aliphatic hydroxyl groups is 1. The summed E-state index contributed by atoms with van der Waals surface area (Å²) in [6.07, 6.45) is -2.36. The summed E-state index contributed by atoms with van der Waals surface area (Å²) in [4.78, 5) is 24.9. The molecule has 3 aliphatic rings. The van der Waals surface area contributed by atoms with Crippen LogP contribution in [0.5, 0.6) is 5.75 Å². The van der Waals surface area contributed by atoms with E-state index < -0.39 is 35.2 Å². The highest BCUT2D eigenvalue weighted by molar-refractivity contribution is 5.84. The molecule has 34 heavy (non-hydrogen) atoms. The number of imide groups is 1. The lowest BCUT2D eigenvalue weighted by atomic mass is 9.47. The maximum atomic E-state index is 12.8. The smallest absolute Gasteiger partial charge is 0.389 e. The van der Waals surface area contributed by atoms with Crippen LogP contribution in [0.15, 0.2) is 18.2 Å². The molecule has 4 atom stereocenters. The number of halogens is 3. The number of methoxy groups -OCH3 is 1. The van der Waals surface area contributed by atoms with Gasteiger partial charge in [-0.15, -0.1) is 0 Å². The first kappa shape index (κ1) is 24.8. The molecule has 0 spiro atoms. The fourth-order valence-electron chi connectivity index (χ4n) is 6.69. The highest BCUT2D eigenvalue weighted by Crippen LogP contribution is 2.60. The van der Waals surface area contributed by atoms with Gasteiger partial charge in [0.25, 0.3) is 0 Å². The van der Waals surface area contributed by atoms with E-state index in [0.29, 0.717) is 50.8 Å². The number of likely N-dealkylation sites (tertiary alicyclic amines) is 1. The van der Waals surface area contributed by atoms with Crippen molar-refractivity contribution in [3.63, 3.8) is 0 Å². The normalized spacial score (nSPS) is 32.8. The number of carbonyl (C=O) groups excluding carboxylic acids is 2. The van der Waals surface area contributed by atoms with E-state index >= 15 is 0 Å². The maximum Gasteiger partial charge on any atom is 0.389 e. The molecule has 7 nitrogen and oxygen atoms in total. The molecule has 1 saturated carbocycles. The molecular formula is C24H32F3N3O4. The topological polar surface area (TPSA) is 90.9 Å². The minimum Gasteiger partial charge on any atom is -0.497 e. The lowest BCUT2D eigenvalue weighted by Gasteiger charge is -2.66. The zero-order valence-corrected chi connectivity index (χ0v) is 19.5. The van der Waals surface area contributed by atoms with Crippen molar-refractivity contribution in [3.05, 3.63) is 29.3 Å². The molecule has 3 N–H and O–H groups in total. The van der Waals surface area contributed by atoms with Crippen LogP contribution < -0.4 is 15.4 Å². The van der Waals surface area contributed by atoms with Gasteiger partial charge in [0.1, 0.15) is 5.75 Å². The lowest BCUT2D eigenvalue weighted by Crippen LogP contribution is -2.76. The Morgan fingerprint density at radius 2 is 2.09 bits per heavy atom. The lowest BCUT2D eigenvalue weighted by molar-refractivity contribution is -0.179. The van der Waals surface area contributed by atoms with Crippen molar-refractivity contribution < 1.29 is 32.6 Å². The van der Waals surface area contributed by atoms with Gasteiger partial charge in [-0.05, 0) is 81.8 Å². The second-order valence-electron chi connectivity index (χ2n) is 10.2. The largest absolute Gasteiger partial charge is 0.497 e. The van der Waals surface area contributed by atoms with Gasteiger partial charge in [0, 0.05) is 23.4 Å². The number of fused-ring (bicyclic) bond motifs is 1. The van der Waals surface area contributed by atoms with E-state index in [1.165, 1.54) is 0 Å². The van der Waals surface area contributed by atoms with Crippen molar-refractivity contribution in [1.82, 2.24) is 15.5 Å². The van der Waals surface area contributed by atoms with Gasteiger partial charge in [-0.3, -0.25) is 15.0 Å². The van der Waals surface area contributed by atoms with Crippen LogP contribution in [0.1, 0.15) is 56.6 Å². The molecule has 0 unspecified atom stereocenters. The number of amides is 3. The highest BCUT2D eigenvalue weighted by atomic mass is 19.4. The average molecular weight is 484 g/mol. The van der Waals surface area contributed by atoms with Crippen LogP contribution in [0.2, 0.25) is 0 Å². The number of nitrogens with zero attached hydrogens (tertiary/aromatic N) is 1. The van der Waals surface area contributed by atoms with E-state index in [2.05, 4.69) is 10.6 Å². The molecule has 1 heterocycles. The minimum absolute atomic E-state index is 0.0102. The monoisotopic (exact) mass is 483 g/mol. The van der Waals surface area contributed by atoms with Crippen LogP contribution in [0, 0.1) is 0 Å². The summed E-state index contributed by atoms with van der Waals surface area (Å²) in [7, 11) is 1.58. The number of carbonyl (C=O) groups is 2. The summed E-state index contributed by atoms with van der Waals surface area (Å²) in [5, 5.41) is 17.3. The first-order valence-corrected chi connectivity index (χ1v) is 11.7. The third kappa shape index (κ3) is 4.26. The molecule has 10 heteroatoms. The van der Waals surface area contributed by atoms with E-state index in [-0.39, 0.29) is 19.0 Å². The second-order valence-corrected chi connectivity index (χ2v) is 10.2. The Balaban J connectivity index is 1.71. The number of benzene rings is 1. The molecule has 3 amide bonds. The van der Waals surface area contributed by atoms with Crippen LogP contribution in [-0.2, 0) is 16.6 Å². The number of nitrogens with one attached hydrogen (secondary N) is 2. The Morgan fingerprint density at radius 1 is 1.32 bits per heavy atom. The molecule has 1 aromatic carbocycles. The number of rotatable bonds is 6. The number of hydrogen-bond acceptors (Lipinski definition) is 5. The third-order valence-corrected chi connectivity index (χ3v) is 8.15. The van der Waals surface area contributed by atoms with Gasteiger partial charge in [-0.2, -0.15) is 13.2 Å². The first-order valence-electron chi connectivity index (χ1n) is 11.7. The summed E-state index contributed by atoms with van der Waals surface area (Å²) < 4.78 is 43.8. The van der Waals surface area contributed by atoms with Gasteiger partial charge in [-0.25, -0.2) is 4.79 Å². The summed E-state index contributed by atoms with van der Waals surface area (Å²) in [6.45, 7) is 2.73. The fraction of sp³-hybridized carbons (Fsp3) is 0.667. The van der Waals surface area contributed by atoms with Gasteiger partial charge in [0.15, 0.2) is 0 Å². The van der Waals surface area contributed by atoms with Crippen molar-refractivity contribution in [1.29, 1.82) is 0 Å². The van der Waals surface area contributed by atoms with Crippen LogP contribution in [0.3, 0.4) is 0 Å². The minimum atomic E-state index is -4.20. The van der Waals surface area contributed by atoms with E-state index in [4.69, 9.17) is 4.74 Å². The number of piperidine rings is 1. The quantitative estimate of drug-likeness (QED) is 0.541. The van der Waals surface area contributed by atoms with Crippen LogP contribution in [-0.4, -0.2) is 66.0 Å². The van der Waals surface area contributed by atoms with Crippen LogP contribution >= 0.6 is 0 Å². The Morgan fingerprint density at radius 3 is 2.76 bits per heavy atom. The molecule has 0 radical (unpaired) electrons. The summed E-state index contributed by atoms with van der Waals surface area (Å²) in [5.41, 5.74) is -0.533. The molecule has 2 aliphatic carbocycles. The van der Waals surface area contributed by atoms with Gasteiger partial charge >= 0.3 is 12.2 Å². The van der Waals surface area contributed by atoms with E-state index in [0.717, 1.165) is 11.1 Å². The molecule has 1 saturated heterocycles. The number of alkyl halides is 3. The van der Waals surface area contributed by atoms with Crippen molar-refractivity contribution in [2.75, 3.05) is 20.2 Å². The standard InChI is InChI=1S/C24H32F3N3O4/c1-21(29-20(32)28-15-31)7-8-23(33)19-12-16-4-5-17(34-2)13-18(16)22(23,14-21)9-11-30(19)10-3-6-24(25,26)27/h4-5,13,15,19,33H,3,6-12,14H2,1-2H3,(H2,28,29,31,32)/t19-,21+,22-,23-/m1/s1. The maximum absolute atomic E-state index is 12.8. The molecule has 188 valence electrons. The molecule has 2 bridgehead atoms. The van der Waals surface area contributed by atoms with E-state index in [1.54, 1.807) is 7.11 Å². The highest BCUT2D eigenvalue weighted by Gasteiger charge is 2.66. The predicted octanol–water partition coefficient (Wildman–Crippen LogP) is 3.04. The zero-order valence-electron chi connectivity index (χ0n) is 19.5. The predicted molar refractivity (Wildman–Crippen MR) is 119 cm³/mol. The van der Waals surface area contributed by atoms with Crippen molar-refractivity contribution in [3.8, 4) is 5.75 Å². The summed E-state index contributed by atoms with van der Waals surface area (Å²) >= 11 is 0. The van der Waals surface area contributed by atoms with Crippen LogP contribution in [0.25, 0.3) is 0 Å². The third-order valence-electron chi connectivity index (χ3n) is 8.15. The Hall–Kier alpha value is -2.33. The number of hydrogen-bond donors (Lipinski definition) is 3. The molecule has 0 aromatic heterocycles.